The van der Waals surface area contributed by atoms with E-state index in [-0.39, 0.29) is 11.9 Å². The van der Waals surface area contributed by atoms with Crippen LogP contribution in [0.2, 0.25) is 10.0 Å². The zero-order valence-electron chi connectivity index (χ0n) is 20.0. The minimum atomic E-state index is -0.641. The Kier molecular flexibility index (Phi) is 9.04. The van der Waals surface area contributed by atoms with Gasteiger partial charge in [0, 0.05) is 42.3 Å². The molecule has 0 bridgehead atoms. The molecule has 186 valence electrons. The summed E-state index contributed by atoms with van der Waals surface area (Å²) < 4.78 is 0. The number of halogens is 2. The van der Waals surface area contributed by atoms with Crippen LogP contribution >= 0.6 is 23.2 Å². The van der Waals surface area contributed by atoms with E-state index in [4.69, 9.17) is 34.7 Å². The Hall–Kier alpha value is -2.15. The van der Waals surface area contributed by atoms with E-state index in [1.54, 1.807) is 12.1 Å². The highest BCUT2D eigenvalue weighted by Crippen LogP contribution is 2.23. The van der Waals surface area contributed by atoms with E-state index >= 15 is 0 Å². The molecule has 1 aliphatic heterocycles. The Labute approximate surface area is 218 Å². The van der Waals surface area contributed by atoms with Gasteiger partial charge in [-0.2, -0.15) is 0 Å². The van der Waals surface area contributed by atoms with Crippen LogP contribution in [-0.4, -0.2) is 60.5 Å². The normalized spacial score (nSPS) is 17.6. The molecule has 0 aromatic heterocycles. The molecule has 3 aromatic rings. The van der Waals surface area contributed by atoms with Crippen molar-refractivity contribution in [1.29, 1.82) is 0 Å². The molecule has 7 heteroatoms. The second-order valence-corrected chi connectivity index (χ2v) is 10.2. The van der Waals surface area contributed by atoms with Crippen LogP contribution in [0.5, 0.6) is 0 Å². The fourth-order valence-electron chi connectivity index (χ4n) is 4.92. The number of benzene rings is 3. The number of amides is 1. The van der Waals surface area contributed by atoms with Crippen LogP contribution in [0.1, 0.15) is 24.0 Å². The Morgan fingerprint density at radius 2 is 1.83 bits per heavy atom. The first-order valence-corrected chi connectivity index (χ1v) is 13.1. The Balaban J connectivity index is 1.37. The van der Waals surface area contributed by atoms with Crippen molar-refractivity contribution in [2.24, 2.45) is 11.5 Å². The minimum absolute atomic E-state index is 0.0211. The number of carbonyl (C=O) groups is 1. The van der Waals surface area contributed by atoms with Crippen molar-refractivity contribution in [3.05, 3.63) is 81.8 Å². The number of hydrogen-bond donors (Lipinski definition) is 2. The second-order valence-electron chi connectivity index (χ2n) is 9.39. The molecule has 4 N–H and O–H groups in total. The third-order valence-electron chi connectivity index (χ3n) is 6.89. The quantitative estimate of drug-likeness (QED) is 0.442. The maximum Gasteiger partial charge on any atom is 0.240 e. The van der Waals surface area contributed by atoms with Crippen LogP contribution in [-0.2, 0) is 17.6 Å². The summed E-state index contributed by atoms with van der Waals surface area (Å²) in [5.74, 6) is -0.0211. The lowest BCUT2D eigenvalue weighted by atomic mass is 10.0. The molecule has 1 saturated heterocycles. The van der Waals surface area contributed by atoms with Gasteiger partial charge in [-0.3, -0.25) is 9.69 Å². The number of nitrogens with two attached hydrogens (primary N) is 2. The molecule has 0 spiro atoms. The molecule has 0 radical (unpaired) electrons. The van der Waals surface area contributed by atoms with Crippen LogP contribution < -0.4 is 11.5 Å². The molecule has 5 nitrogen and oxygen atoms in total. The summed E-state index contributed by atoms with van der Waals surface area (Å²) in [5, 5.41) is 3.65. The predicted octanol–water partition coefficient (Wildman–Crippen LogP) is 4.51. The largest absolute Gasteiger partial charge is 0.336 e. The number of nitrogens with zero attached hydrogens (tertiary/aromatic N) is 2. The smallest absolute Gasteiger partial charge is 0.240 e. The second kappa shape index (κ2) is 12.2. The number of carbonyl (C=O) groups excluding carboxylic acids is 1. The average Bonchev–Trinajstić information content (AvgIpc) is 2.87. The Morgan fingerprint density at radius 3 is 2.60 bits per heavy atom. The van der Waals surface area contributed by atoms with Crippen molar-refractivity contribution < 1.29 is 4.79 Å². The van der Waals surface area contributed by atoms with E-state index in [0.29, 0.717) is 29.6 Å². The van der Waals surface area contributed by atoms with Gasteiger partial charge in [-0.15, -0.1) is 0 Å². The third-order valence-corrected chi connectivity index (χ3v) is 7.48. The summed E-state index contributed by atoms with van der Waals surface area (Å²) in [6.07, 6.45) is 3.13. The van der Waals surface area contributed by atoms with Gasteiger partial charge in [-0.25, -0.2) is 0 Å². The van der Waals surface area contributed by atoms with E-state index in [9.17, 15) is 4.79 Å². The van der Waals surface area contributed by atoms with Crippen molar-refractivity contribution in [1.82, 2.24) is 9.80 Å². The predicted molar refractivity (Wildman–Crippen MR) is 146 cm³/mol. The highest BCUT2D eigenvalue weighted by atomic mass is 35.5. The number of fused-ring (bicyclic) bond motifs is 1. The third kappa shape index (κ3) is 6.75. The van der Waals surface area contributed by atoms with Crippen LogP contribution in [0.4, 0.5) is 0 Å². The van der Waals surface area contributed by atoms with Gasteiger partial charge in [0.15, 0.2) is 0 Å². The summed E-state index contributed by atoms with van der Waals surface area (Å²) in [4.78, 5) is 17.8. The zero-order chi connectivity index (χ0) is 24.8. The first-order chi connectivity index (χ1) is 16.9. The van der Waals surface area contributed by atoms with E-state index in [0.717, 1.165) is 44.5 Å². The monoisotopic (exact) mass is 512 g/mol. The number of rotatable bonds is 9. The number of hydrogen-bond acceptors (Lipinski definition) is 4. The first-order valence-electron chi connectivity index (χ1n) is 12.3. The lowest BCUT2D eigenvalue weighted by molar-refractivity contribution is -0.137. The fourth-order valence-corrected chi connectivity index (χ4v) is 5.41. The van der Waals surface area contributed by atoms with Crippen molar-refractivity contribution in [2.75, 3.05) is 32.7 Å². The van der Waals surface area contributed by atoms with Gasteiger partial charge in [-0.1, -0.05) is 71.7 Å². The molecule has 4 rings (SSSR count). The Morgan fingerprint density at radius 1 is 1.03 bits per heavy atom. The van der Waals surface area contributed by atoms with Gasteiger partial charge in [0.25, 0.3) is 0 Å². The van der Waals surface area contributed by atoms with E-state index in [1.165, 1.54) is 16.3 Å². The van der Waals surface area contributed by atoms with Gasteiger partial charge in [-0.05, 0) is 66.3 Å². The Bertz CT molecular complexity index is 1150. The zero-order valence-corrected chi connectivity index (χ0v) is 21.5. The van der Waals surface area contributed by atoms with Crippen molar-refractivity contribution in [3.63, 3.8) is 0 Å². The molecule has 2 atom stereocenters. The summed E-state index contributed by atoms with van der Waals surface area (Å²) in [6.45, 7) is 3.93. The van der Waals surface area contributed by atoms with E-state index < -0.39 is 6.04 Å². The molecule has 0 aliphatic carbocycles. The maximum atomic E-state index is 13.3. The molecule has 1 amide bonds. The van der Waals surface area contributed by atoms with Crippen LogP contribution in [0, 0.1) is 0 Å². The van der Waals surface area contributed by atoms with Crippen LogP contribution in [0.25, 0.3) is 10.8 Å². The van der Waals surface area contributed by atoms with Crippen molar-refractivity contribution in [3.8, 4) is 0 Å². The highest BCUT2D eigenvalue weighted by Gasteiger charge is 2.32. The summed E-state index contributed by atoms with van der Waals surface area (Å²) in [7, 11) is 0. The summed E-state index contributed by atoms with van der Waals surface area (Å²) in [5.41, 5.74) is 14.4. The fraction of sp³-hybridized carbons (Fsp3) is 0.393. The van der Waals surface area contributed by atoms with E-state index in [2.05, 4.69) is 47.4 Å². The standard InChI is InChI=1S/C28H34Cl2N4O/c29-24-10-9-23(26(30)18-24)17-27(32)28(35)34-15-14-33(19-25(34)6-3-12-31)13-11-20-7-8-21-4-1-2-5-22(21)16-20/h1-2,4-5,7-10,16,18,25,27H,3,6,11-15,17,19,31-32H2/t25-,27+/m0/s1. The summed E-state index contributed by atoms with van der Waals surface area (Å²) in [6, 6.07) is 19.9. The lowest BCUT2D eigenvalue weighted by Gasteiger charge is -2.42. The van der Waals surface area contributed by atoms with Crippen molar-refractivity contribution in [2.45, 2.75) is 37.8 Å². The molecule has 1 heterocycles. The van der Waals surface area contributed by atoms with Gasteiger partial charge >= 0.3 is 0 Å². The first kappa shape index (κ1) is 25.9. The molecular formula is C28H34Cl2N4O. The lowest BCUT2D eigenvalue weighted by Crippen LogP contribution is -2.59. The summed E-state index contributed by atoms with van der Waals surface area (Å²) >= 11 is 12.3. The minimum Gasteiger partial charge on any atom is -0.336 e. The molecule has 1 fully saturated rings. The molecule has 35 heavy (non-hydrogen) atoms. The van der Waals surface area contributed by atoms with Gasteiger partial charge in [0.05, 0.1) is 6.04 Å². The van der Waals surface area contributed by atoms with Crippen LogP contribution in [0.15, 0.2) is 60.7 Å². The van der Waals surface area contributed by atoms with Crippen LogP contribution in [0.3, 0.4) is 0 Å². The van der Waals surface area contributed by atoms with Crippen molar-refractivity contribution >= 4 is 39.9 Å². The van der Waals surface area contributed by atoms with E-state index in [1.807, 2.05) is 11.0 Å². The molecule has 3 aromatic carbocycles. The van der Waals surface area contributed by atoms with Gasteiger partial charge < -0.3 is 16.4 Å². The molecular weight excluding hydrogens is 479 g/mol. The highest BCUT2D eigenvalue weighted by molar-refractivity contribution is 6.35. The maximum absolute atomic E-state index is 13.3. The SMILES string of the molecule is NCCC[C@H]1CN(CCc2ccc3ccccc3c2)CCN1C(=O)[C@H](N)Cc1ccc(Cl)cc1Cl. The topological polar surface area (TPSA) is 75.6 Å². The molecule has 1 aliphatic rings. The average molecular weight is 514 g/mol. The van der Waals surface area contributed by atoms with Gasteiger partial charge in [0.2, 0.25) is 5.91 Å². The molecule has 0 saturated carbocycles. The number of piperazine rings is 1. The van der Waals surface area contributed by atoms with Gasteiger partial charge in [0.1, 0.15) is 0 Å². The molecule has 0 unspecified atom stereocenters.